The number of hydrogen-bond donors (Lipinski definition) is 3. The van der Waals surface area contributed by atoms with E-state index in [9.17, 15) is 0 Å². The molecule has 0 aromatic carbocycles. The molecule has 0 aliphatic heterocycles. The summed E-state index contributed by atoms with van der Waals surface area (Å²) in [6, 6.07) is 0. The SMILES string of the molecule is O=P(O)(O)O.[Ar].[CaH2]. The van der Waals surface area contributed by atoms with Gasteiger partial charge in [0.25, 0.3) is 0 Å². The minimum atomic E-state index is -4.64. The molecule has 0 rings (SSSR count). The van der Waals surface area contributed by atoms with Crippen LogP contribution in [0.5, 0.6) is 0 Å². The Morgan fingerprint density at radius 2 is 1.14 bits per heavy atom. The molecule has 0 saturated heterocycles. The summed E-state index contributed by atoms with van der Waals surface area (Å²) in [5.41, 5.74) is 0. The van der Waals surface area contributed by atoms with E-state index in [1.54, 1.807) is 0 Å². The summed E-state index contributed by atoms with van der Waals surface area (Å²) in [6.45, 7) is 0. The molecule has 0 radical (unpaired) electrons. The molecule has 0 saturated carbocycles. The molecule has 0 heterocycles. The van der Waals surface area contributed by atoms with Crippen LogP contribution in [0, 0.1) is 37.7 Å². The first-order chi connectivity index (χ1) is 2.00. The van der Waals surface area contributed by atoms with Crippen LogP contribution in [0.1, 0.15) is 0 Å². The molecule has 44 valence electrons. The summed E-state index contributed by atoms with van der Waals surface area (Å²) in [5, 5.41) is 0. The van der Waals surface area contributed by atoms with E-state index in [0.29, 0.717) is 0 Å². The van der Waals surface area contributed by atoms with Crippen LogP contribution in [0.2, 0.25) is 0 Å². The average molecular weight is 180 g/mol. The molecule has 7 heteroatoms. The predicted molar refractivity (Wildman–Crippen MR) is 22.8 cm³/mol. The molecule has 0 aromatic heterocycles. The van der Waals surface area contributed by atoms with Gasteiger partial charge in [0.05, 0.1) is 0 Å². The zero-order chi connectivity index (χ0) is 4.50. The van der Waals surface area contributed by atoms with E-state index in [0.717, 1.165) is 0 Å². The van der Waals surface area contributed by atoms with Crippen molar-refractivity contribution in [2.45, 2.75) is 0 Å². The third-order valence-corrected chi connectivity index (χ3v) is 0. The van der Waals surface area contributed by atoms with Crippen molar-refractivity contribution in [3.8, 4) is 0 Å². The first-order valence-electron chi connectivity index (χ1n) is 0.783. The van der Waals surface area contributed by atoms with E-state index < -0.39 is 7.82 Å². The standard InChI is InChI=1S/Ar.Ca.H3O4P.2H/c;;1-5(2,3)4;;/h;;(H3,1,2,3,4);;. The van der Waals surface area contributed by atoms with Crippen molar-refractivity contribution in [1.82, 2.24) is 0 Å². The Labute approximate surface area is 101 Å². The Bertz CT molecular complexity index is 57.8. The predicted octanol–water partition coefficient (Wildman–Crippen LogP) is -1.84. The van der Waals surface area contributed by atoms with Gasteiger partial charge in [-0.2, -0.15) is 0 Å². The fourth-order valence-corrected chi connectivity index (χ4v) is 0. The van der Waals surface area contributed by atoms with Crippen molar-refractivity contribution in [3.63, 3.8) is 0 Å². The summed E-state index contributed by atoms with van der Waals surface area (Å²) >= 11 is 0. The van der Waals surface area contributed by atoms with Gasteiger partial charge in [0.1, 0.15) is 0 Å². The van der Waals surface area contributed by atoms with Crippen molar-refractivity contribution in [2.24, 2.45) is 0 Å². The van der Waals surface area contributed by atoms with Crippen LogP contribution < -0.4 is 0 Å². The zero-order valence-corrected chi connectivity index (χ0v) is 4.15. The molecule has 0 amide bonds. The Morgan fingerprint density at radius 1 is 1.14 bits per heavy atom. The Kier molecular flexibility index (Phi) is 15.7. The van der Waals surface area contributed by atoms with Crippen LogP contribution in [0.3, 0.4) is 0 Å². The monoisotopic (exact) mass is 180 g/mol. The summed E-state index contributed by atoms with van der Waals surface area (Å²) in [6.07, 6.45) is 0. The molecule has 0 atom stereocenters. The fourth-order valence-electron chi connectivity index (χ4n) is 0. The van der Waals surface area contributed by atoms with Crippen molar-refractivity contribution in [2.75, 3.05) is 0 Å². The zero-order valence-electron chi connectivity index (χ0n) is 2.55. The maximum atomic E-state index is 8.88. The molecule has 4 nitrogen and oxygen atoms in total. The Balaban J connectivity index is -0.0000000800. The average Bonchev–Trinajstić information content (AvgIpc) is 0.722. The summed E-state index contributed by atoms with van der Waals surface area (Å²) in [7, 11) is -4.64. The third kappa shape index (κ3) is 54.9. The molecule has 0 fully saturated rings. The van der Waals surface area contributed by atoms with Crippen LogP contribution >= 0.6 is 7.82 Å². The van der Waals surface area contributed by atoms with Gasteiger partial charge < -0.3 is 14.7 Å². The topological polar surface area (TPSA) is 77.8 Å². The molecule has 0 aromatic rings. The summed E-state index contributed by atoms with van der Waals surface area (Å²) < 4.78 is 8.88. The minimum absolute atomic E-state index is 0. The second kappa shape index (κ2) is 6.75. The van der Waals surface area contributed by atoms with Crippen molar-refractivity contribution < 1.29 is 57.0 Å². The summed E-state index contributed by atoms with van der Waals surface area (Å²) in [5.74, 6) is 0. The number of phosphoric acid groups is 1. The first kappa shape index (κ1) is 16.3. The molecule has 0 unspecified atom stereocenters. The number of hydrogen-bond acceptors (Lipinski definition) is 1. The number of rotatable bonds is 0. The van der Waals surface area contributed by atoms with E-state index in [1.165, 1.54) is 0 Å². The second-order valence-electron chi connectivity index (χ2n) is 0.513. The fraction of sp³-hybridized carbons (Fsp3) is 0. The quantitative estimate of drug-likeness (QED) is 0.302. The van der Waals surface area contributed by atoms with Crippen molar-refractivity contribution in [3.05, 3.63) is 0 Å². The van der Waals surface area contributed by atoms with Gasteiger partial charge in [-0.25, -0.2) is 4.57 Å². The molecule has 3 N–H and O–H groups in total. The maximum absolute atomic E-state index is 8.88. The van der Waals surface area contributed by atoms with Crippen molar-refractivity contribution in [1.29, 1.82) is 0 Å². The van der Waals surface area contributed by atoms with E-state index in [2.05, 4.69) is 0 Å². The van der Waals surface area contributed by atoms with Crippen LogP contribution in [-0.4, -0.2) is 52.4 Å². The summed E-state index contributed by atoms with van der Waals surface area (Å²) in [4.78, 5) is 21.6. The molecule has 0 aliphatic carbocycles. The molecule has 0 spiro atoms. The molecular weight excluding hydrogens is 175 g/mol. The van der Waals surface area contributed by atoms with Crippen LogP contribution in [-0.2, 0) is 4.57 Å². The van der Waals surface area contributed by atoms with Gasteiger partial charge >= 0.3 is 45.6 Å². The van der Waals surface area contributed by atoms with Gasteiger partial charge in [-0.15, -0.1) is 0 Å². The van der Waals surface area contributed by atoms with Gasteiger partial charge in [0.2, 0.25) is 0 Å². The van der Waals surface area contributed by atoms with E-state index in [4.69, 9.17) is 19.2 Å². The van der Waals surface area contributed by atoms with Crippen LogP contribution in [0.4, 0.5) is 0 Å². The van der Waals surface area contributed by atoms with Gasteiger partial charge in [-0.1, -0.05) is 0 Å². The van der Waals surface area contributed by atoms with Crippen LogP contribution in [0.15, 0.2) is 0 Å². The normalized spacial score (nSPS) is 8.43. The molecule has 7 heavy (non-hydrogen) atoms. The van der Waals surface area contributed by atoms with Gasteiger partial charge in [-0.3, -0.25) is 0 Å². The van der Waals surface area contributed by atoms with E-state index in [1.807, 2.05) is 0 Å². The Morgan fingerprint density at radius 3 is 1.14 bits per heavy atom. The van der Waals surface area contributed by atoms with Crippen molar-refractivity contribution >= 4 is 45.6 Å². The van der Waals surface area contributed by atoms with Gasteiger partial charge in [-0.05, 0) is 0 Å². The first-order valence-corrected chi connectivity index (χ1v) is 2.35. The second-order valence-corrected chi connectivity index (χ2v) is 1.54. The van der Waals surface area contributed by atoms with Gasteiger partial charge in [0.15, 0.2) is 0 Å². The Hall–Kier alpha value is 2.63. The van der Waals surface area contributed by atoms with E-state index >= 15 is 0 Å². The van der Waals surface area contributed by atoms with E-state index in [-0.39, 0.29) is 75.5 Å². The molecule has 0 aliphatic rings. The van der Waals surface area contributed by atoms with Crippen LogP contribution in [0.25, 0.3) is 0 Å². The third-order valence-electron chi connectivity index (χ3n) is 0. The molecule has 0 bridgehead atoms. The van der Waals surface area contributed by atoms with Gasteiger partial charge in [0, 0.05) is 37.7 Å². The molecular formula is H5ArCaO4P.